The summed E-state index contributed by atoms with van der Waals surface area (Å²) in [6, 6.07) is 8.80. The van der Waals surface area contributed by atoms with E-state index in [1.807, 2.05) is 0 Å². The molecule has 1 aliphatic rings. The minimum absolute atomic E-state index is 0.106. The van der Waals surface area contributed by atoms with Crippen LogP contribution in [0.2, 0.25) is 0 Å². The highest BCUT2D eigenvalue weighted by atomic mass is 32.1. The van der Waals surface area contributed by atoms with Crippen LogP contribution in [0.4, 0.5) is 8.78 Å². The smallest absolute Gasteiger partial charge is 0.251 e. The summed E-state index contributed by atoms with van der Waals surface area (Å²) in [5.74, 6) is -2.47. The van der Waals surface area contributed by atoms with Crippen LogP contribution in [0.25, 0.3) is 11.4 Å². The fourth-order valence-electron chi connectivity index (χ4n) is 3.29. The number of halogens is 2. The van der Waals surface area contributed by atoms with E-state index >= 15 is 0 Å². The molecule has 1 unspecified atom stereocenters. The van der Waals surface area contributed by atoms with Gasteiger partial charge in [-0.3, -0.25) is 0 Å². The zero-order chi connectivity index (χ0) is 18.9. The van der Waals surface area contributed by atoms with Gasteiger partial charge in [0.2, 0.25) is 11.7 Å². The Morgan fingerprint density at radius 1 is 1.37 bits per heavy atom. The molecule has 1 saturated heterocycles. The normalized spacial score (nSPS) is 21.7. The van der Waals surface area contributed by atoms with Crippen molar-refractivity contribution in [3.05, 3.63) is 52.3 Å². The summed E-state index contributed by atoms with van der Waals surface area (Å²) in [6.07, 6.45) is 1.19. The third kappa shape index (κ3) is 3.59. The molecule has 3 aromatic rings. The van der Waals surface area contributed by atoms with Gasteiger partial charge in [0.15, 0.2) is 0 Å². The molecule has 1 atom stereocenters. The molecule has 1 fully saturated rings. The van der Waals surface area contributed by atoms with Crippen LogP contribution in [-0.2, 0) is 12.0 Å². The van der Waals surface area contributed by atoms with Crippen LogP contribution in [-0.4, -0.2) is 27.6 Å². The molecule has 0 radical (unpaired) electrons. The summed E-state index contributed by atoms with van der Waals surface area (Å²) < 4.78 is 33.9. The molecule has 1 N–H and O–H groups in total. The van der Waals surface area contributed by atoms with Crippen LogP contribution in [0, 0.1) is 11.3 Å². The van der Waals surface area contributed by atoms with E-state index in [2.05, 4.69) is 26.5 Å². The summed E-state index contributed by atoms with van der Waals surface area (Å²) in [5, 5.41) is 18.7. The second kappa shape index (κ2) is 6.79. The number of nitrogens with zero attached hydrogens (tertiary/aromatic N) is 4. The molecule has 27 heavy (non-hydrogen) atoms. The maximum Gasteiger partial charge on any atom is 0.251 e. The molecule has 138 valence electrons. The molecule has 3 heterocycles. The van der Waals surface area contributed by atoms with Gasteiger partial charge >= 0.3 is 0 Å². The van der Waals surface area contributed by atoms with Gasteiger partial charge in [-0.1, -0.05) is 17.3 Å². The molecule has 6 nitrogen and oxygen atoms in total. The number of hydrogen-bond donors (Lipinski definition) is 1. The van der Waals surface area contributed by atoms with Gasteiger partial charge in [0.1, 0.15) is 5.54 Å². The zero-order valence-electron chi connectivity index (χ0n) is 14.2. The highest BCUT2D eigenvalue weighted by Crippen LogP contribution is 2.41. The maximum atomic E-state index is 14.3. The molecule has 0 spiro atoms. The Kier molecular flexibility index (Phi) is 4.45. The van der Waals surface area contributed by atoms with E-state index in [0.717, 1.165) is 0 Å². The van der Waals surface area contributed by atoms with Crippen LogP contribution in [0.1, 0.15) is 29.3 Å². The summed E-state index contributed by atoms with van der Waals surface area (Å²) >= 11 is 1.40. The standard InChI is InChI=1S/C18H15F2N5OS/c19-18(20)4-5-23-17(11-18,9-14-22-6-7-27-14)16-24-15(25-26-16)13-3-1-2-12(8-13)10-21/h1-3,6-8,23H,4-5,9,11H2. The van der Waals surface area contributed by atoms with Crippen LogP contribution < -0.4 is 5.32 Å². The van der Waals surface area contributed by atoms with E-state index in [4.69, 9.17) is 9.78 Å². The molecular formula is C18H15F2N5OS. The molecule has 9 heteroatoms. The summed E-state index contributed by atoms with van der Waals surface area (Å²) in [5.41, 5.74) is -0.132. The number of nitrogens with one attached hydrogen (secondary N) is 1. The summed E-state index contributed by atoms with van der Waals surface area (Å²) in [4.78, 5) is 8.62. The van der Waals surface area contributed by atoms with E-state index in [1.165, 1.54) is 11.3 Å². The van der Waals surface area contributed by atoms with Crippen molar-refractivity contribution in [1.29, 1.82) is 5.26 Å². The summed E-state index contributed by atoms with van der Waals surface area (Å²) in [6.45, 7) is 0.139. The lowest BCUT2D eigenvalue weighted by molar-refractivity contribution is -0.0713. The van der Waals surface area contributed by atoms with Gasteiger partial charge in [0, 0.05) is 42.9 Å². The maximum absolute atomic E-state index is 14.3. The van der Waals surface area contributed by atoms with Gasteiger partial charge in [-0.25, -0.2) is 13.8 Å². The fraction of sp³-hybridized carbons (Fsp3) is 0.333. The SMILES string of the molecule is N#Cc1cccc(-c2noc(C3(Cc4nccs4)CC(F)(F)CCN3)n2)c1. The van der Waals surface area contributed by atoms with Crippen LogP contribution >= 0.6 is 11.3 Å². The van der Waals surface area contributed by atoms with E-state index in [0.29, 0.717) is 16.1 Å². The van der Waals surface area contributed by atoms with E-state index in [1.54, 1.807) is 35.8 Å². The molecule has 1 aliphatic heterocycles. The Morgan fingerprint density at radius 2 is 2.26 bits per heavy atom. The van der Waals surface area contributed by atoms with Crippen molar-refractivity contribution in [2.45, 2.75) is 30.7 Å². The van der Waals surface area contributed by atoms with Gasteiger partial charge in [0.05, 0.1) is 16.6 Å². The average Bonchev–Trinajstić information content (AvgIpc) is 3.33. The Bertz CT molecular complexity index is 982. The number of piperidine rings is 1. The van der Waals surface area contributed by atoms with Crippen LogP contribution in [0.5, 0.6) is 0 Å². The number of benzene rings is 1. The van der Waals surface area contributed by atoms with Gasteiger partial charge in [0.25, 0.3) is 5.92 Å². The highest BCUT2D eigenvalue weighted by Gasteiger charge is 2.50. The van der Waals surface area contributed by atoms with Gasteiger partial charge in [-0.2, -0.15) is 10.2 Å². The number of hydrogen-bond acceptors (Lipinski definition) is 7. The van der Waals surface area contributed by atoms with Crippen molar-refractivity contribution in [2.24, 2.45) is 0 Å². The van der Waals surface area contributed by atoms with Crippen molar-refractivity contribution in [2.75, 3.05) is 6.54 Å². The Balaban J connectivity index is 1.73. The molecule has 0 bridgehead atoms. The van der Waals surface area contributed by atoms with E-state index in [9.17, 15) is 8.78 Å². The second-order valence-corrected chi connectivity index (χ2v) is 7.49. The Hall–Kier alpha value is -2.70. The third-order valence-electron chi connectivity index (χ3n) is 4.54. The third-order valence-corrected chi connectivity index (χ3v) is 5.32. The van der Waals surface area contributed by atoms with E-state index < -0.39 is 17.9 Å². The first kappa shape index (κ1) is 17.7. The van der Waals surface area contributed by atoms with Gasteiger partial charge in [-0.15, -0.1) is 11.3 Å². The molecule has 4 rings (SSSR count). The van der Waals surface area contributed by atoms with Crippen molar-refractivity contribution < 1.29 is 13.3 Å². The Labute approximate surface area is 157 Å². The van der Waals surface area contributed by atoms with Gasteiger partial charge < -0.3 is 9.84 Å². The average molecular weight is 387 g/mol. The van der Waals surface area contributed by atoms with Crippen molar-refractivity contribution in [3.8, 4) is 17.5 Å². The number of thiazole rings is 1. The first-order valence-electron chi connectivity index (χ1n) is 8.36. The number of nitriles is 1. The zero-order valence-corrected chi connectivity index (χ0v) is 15.0. The lowest BCUT2D eigenvalue weighted by Gasteiger charge is -2.38. The largest absolute Gasteiger partial charge is 0.337 e. The molecule has 2 aromatic heterocycles. The van der Waals surface area contributed by atoms with Crippen molar-refractivity contribution in [1.82, 2.24) is 20.4 Å². The lowest BCUT2D eigenvalue weighted by atomic mass is 9.83. The molecule has 1 aromatic carbocycles. The fourth-order valence-corrected chi connectivity index (χ4v) is 4.02. The molecule has 0 amide bonds. The second-order valence-electron chi connectivity index (χ2n) is 6.51. The minimum Gasteiger partial charge on any atom is -0.337 e. The minimum atomic E-state index is -2.84. The topological polar surface area (TPSA) is 87.6 Å². The summed E-state index contributed by atoms with van der Waals surface area (Å²) in [7, 11) is 0. The predicted molar refractivity (Wildman–Crippen MR) is 94.1 cm³/mol. The molecule has 0 saturated carbocycles. The number of rotatable bonds is 4. The number of aromatic nitrogens is 3. The molecular weight excluding hydrogens is 372 g/mol. The first-order valence-corrected chi connectivity index (χ1v) is 9.24. The lowest BCUT2D eigenvalue weighted by Crippen LogP contribution is -2.54. The first-order chi connectivity index (χ1) is 13.0. The van der Waals surface area contributed by atoms with Crippen LogP contribution in [0.3, 0.4) is 0 Å². The monoisotopic (exact) mass is 387 g/mol. The van der Waals surface area contributed by atoms with Crippen molar-refractivity contribution >= 4 is 11.3 Å². The molecule has 0 aliphatic carbocycles. The number of alkyl halides is 2. The highest BCUT2D eigenvalue weighted by molar-refractivity contribution is 7.09. The quantitative estimate of drug-likeness (QED) is 0.737. The van der Waals surface area contributed by atoms with Crippen LogP contribution in [0.15, 0.2) is 40.4 Å². The van der Waals surface area contributed by atoms with Crippen molar-refractivity contribution in [3.63, 3.8) is 0 Å². The Morgan fingerprint density at radius 3 is 3.00 bits per heavy atom. The predicted octanol–water partition coefficient (Wildman–Crippen LogP) is 3.52. The van der Waals surface area contributed by atoms with Gasteiger partial charge in [-0.05, 0) is 12.1 Å². The van der Waals surface area contributed by atoms with E-state index in [-0.39, 0.29) is 31.1 Å².